The highest BCUT2D eigenvalue weighted by atomic mass is 16.3. The number of rotatable bonds is 1. The van der Waals surface area contributed by atoms with Crippen molar-refractivity contribution in [1.29, 1.82) is 0 Å². The lowest BCUT2D eigenvalue weighted by atomic mass is 10.0. The molecule has 0 aliphatic carbocycles. The predicted molar refractivity (Wildman–Crippen MR) is 69.8 cm³/mol. The highest BCUT2D eigenvalue weighted by Gasteiger charge is 2.00. The molecule has 17 heavy (non-hydrogen) atoms. The van der Waals surface area contributed by atoms with Crippen LogP contribution in [-0.2, 0) is 0 Å². The first kappa shape index (κ1) is 11.3. The van der Waals surface area contributed by atoms with E-state index < -0.39 is 0 Å². The molecule has 1 heteroatoms. The summed E-state index contributed by atoms with van der Waals surface area (Å²) in [6.45, 7) is 2.06. The molecule has 0 heterocycles. The van der Waals surface area contributed by atoms with Gasteiger partial charge in [0.2, 0.25) is 0 Å². The molecule has 0 aliphatic rings. The van der Waals surface area contributed by atoms with Crippen molar-refractivity contribution in [3.05, 3.63) is 65.7 Å². The van der Waals surface area contributed by atoms with Crippen LogP contribution < -0.4 is 0 Å². The third kappa shape index (κ3) is 3.12. The van der Waals surface area contributed by atoms with E-state index in [1.165, 1.54) is 0 Å². The van der Waals surface area contributed by atoms with Crippen LogP contribution in [0.4, 0.5) is 0 Å². The molecule has 0 amide bonds. The van der Waals surface area contributed by atoms with Crippen LogP contribution in [0.3, 0.4) is 0 Å². The van der Waals surface area contributed by atoms with E-state index in [9.17, 15) is 5.11 Å². The molecule has 0 aromatic heterocycles. The van der Waals surface area contributed by atoms with Gasteiger partial charge in [0.25, 0.3) is 0 Å². The Morgan fingerprint density at radius 1 is 0.941 bits per heavy atom. The van der Waals surface area contributed by atoms with Gasteiger partial charge in [0.1, 0.15) is 5.75 Å². The largest absolute Gasteiger partial charge is 0.508 e. The molecule has 0 aliphatic heterocycles. The summed E-state index contributed by atoms with van der Waals surface area (Å²) in [7, 11) is 0. The second-order valence-electron chi connectivity index (χ2n) is 3.95. The zero-order chi connectivity index (χ0) is 12.1. The average molecular weight is 222 g/mol. The average Bonchev–Trinajstić information content (AvgIpc) is 2.38. The van der Waals surface area contributed by atoms with Gasteiger partial charge in [0, 0.05) is 11.5 Å². The van der Waals surface area contributed by atoms with Gasteiger partial charge in [-0.05, 0) is 36.8 Å². The zero-order valence-corrected chi connectivity index (χ0v) is 9.72. The van der Waals surface area contributed by atoms with Crippen LogP contribution in [0.25, 0.3) is 0 Å². The van der Waals surface area contributed by atoms with Crippen LogP contribution >= 0.6 is 0 Å². The predicted octanol–water partition coefficient (Wildman–Crippen LogP) is 3.55. The van der Waals surface area contributed by atoms with E-state index in [1.807, 2.05) is 42.5 Å². The van der Waals surface area contributed by atoms with Crippen LogP contribution in [0.5, 0.6) is 5.75 Å². The summed E-state index contributed by atoms with van der Waals surface area (Å²) in [5, 5.41) is 9.21. The molecule has 1 nitrogen and oxygen atoms in total. The van der Waals surface area contributed by atoms with E-state index >= 15 is 0 Å². The summed E-state index contributed by atoms with van der Waals surface area (Å²) >= 11 is 0. The van der Waals surface area contributed by atoms with E-state index in [4.69, 9.17) is 0 Å². The van der Waals surface area contributed by atoms with Crippen LogP contribution in [0.2, 0.25) is 0 Å². The lowest BCUT2D eigenvalue weighted by Gasteiger charge is -2.03. The van der Waals surface area contributed by atoms with Crippen molar-refractivity contribution in [2.45, 2.75) is 12.8 Å². The fraction of sp³-hybridized carbons (Fsp3) is 0.125. The molecule has 1 unspecified atom stereocenters. The van der Waals surface area contributed by atoms with E-state index in [-0.39, 0.29) is 11.7 Å². The molecular weight excluding hydrogens is 208 g/mol. The van der Waals surface area contributed by atoms with Gasteiger partial charge < -0.3 is 5.11 Å². The third-order valence-corrected chi connectivity index (χ3v) is 2.60. The Hall–Kier alpha value is -2.20. The zero-order valence-electron chi connectivity index (χ0n) is 9.72. The SMILES string of the molecule is CC(C#Cc1ccccc1)c1ccc(O)cc1. The van der Waals surface area contributed by atoms with Gasteiger partial charge in [0.15, 0.2) is 0 Å². The molecule has 1 atom stereocenters. The Balaban J connectivity index is 2.15. The van der Waals surface area contributed by atoms with E-state index in [0.29, 0.717) is 0 Å². The summed E-state index contributed by atoms with van der Waals surface area (Å²) in [5.74, 6) is 6.80. The maximum Gasteiger partial charge on any atom is 0.115 e. The first-order valence-electron chi connectivity index (χ1n) is 5.61. The highest BCUT2D eigenvalue weighted by Crippen LogP contribution is 2.17. The number of hydrogen-bond donors (Lipinski definition) is 1. The van der Waals surface area contributed by atoms with Crippen molar-refractivity contribution in [2.24, 2.45) is 0 Å². The van der Waals surface area contributed by atoms with Gasteiger partial charge in [-0.3, -0.25) is 0 Å². The van der Waals surface area contributed by atoms with Gasteiger partial charge in [-0.15, -0.1) is 0 Å². The molecular formula is C16H14O. The smallest absolute Gasteiger partial charge is 0.115 e. The lowest BCUT2D eigenvalue weighted by molar-refractivity contribution is 0.475. The van der Waals surface area contributed by atoms with Gasteiger partial charge in [0.05, 0.1) is 0 Å². The molecule has 2 aromatic rings. The number of benzene rings is 2. The molecule has 84 valence electrons. The third-order valence-electron chi connectivity index (χ3n) is 2.60. The molecule has 2 aromatic carbocycles. The second kappa shape index (κ2) is 5.23. The maximum absolute atomic E-state index is 9.21. The number of phenols is 1. The van der Waals surface area contributed by atoms with Crippen molar-refractivity contribution >= 4 is 0 Å². The molecule has 0 bridgehead atoms. The summed E-state index contributed by atoms with van der Waals surface area (Å²) in [5.41, 5.74) is 2.14. The molecule has 0 radical (unpaired) electrons. The van der Waals surface area contributed by atoms with E-state index in [1.54, 1.807) is 12.1 Å². The van der Waals surface area contributed by atoms with Gasteiger partial charge >= 0.3 is 0 Å². The summed E-state index contributed by atoms with van der Waals surface area (Å²) in [6, 6.07) is 17.1. The highest BCUT2D eigenvalue weighted by molar-refractivity contribution is 5.38. The number of aromatic hydroxyl groups is 1. The maximum atomic E-state index is 9.21. The first-order valence-corrected chi connectivity index (χ1v) is 5.61. The Morgan fingerprint density at radius 3 is 2.24 bits per heavy atom. The minimum Gasteiger partial charge on any atom is -0.508 e. The molecule has 2 rings (SSSR count). The minimum atomic E-state index is 0.163. The van der Waals surface area contributed by atoms with Crippen molar-refractivity contribution < 1.29 is 5.11 Å². The Labute approximate surface area is 102 Å². The Morgan fingerprint density at radius 2 is 1.59 bits per heavy atom. The van der Waals surface area contributed by atoms with Crippen LogP contribution in [-0.4, -0.2) is 5.11 Å². The van der Waals surface area contributed by atoms with Gasteiger partial charge in [-0.25, -0.2) is 0 Å². The standard InChI is InChI=1S/C16H14O/c1-13(15-9-11-16(17)12-10-15)7-8-14-5-3-2-4-6-14/h2-6,9-13,17H,1H3. The molecule has 0 fully saturated rings. The van der Waals surface area contributed by atoms with Gasteiger partial charge in [-0.1, -0.05) is 42.2 Å². The Kier molecular flexibility index (Phi) is 3.47. The van der Waals surface area contributed by atoms with Crippen molar-refractivity contribution in [3.8, 4) is 17.6 Å². The van der Waals surface area contributed by atoms with Crippen LogP contribution in [0, 0.1) is 11.8 Å². The lowest BCUT2D eigenvalue weighted by Crippen LogP contribution is -1.88. The van der Waals surface area contributed by atoms with Crippen molar-refractivity contribution in [1.82, 2.24) is 0 Å². The number of phenolic OH excluding ortho intramolecular Hbond substituents is 1. The van der Waals surface area contributed by atoms with E-state index in [0.717, 1.165) is 11.1 Å². The normalized spacial score (nSPS) is 11.4. The van der Waals surface area contributed by atoms with Crippen molar-refractivity contribution in [3.63, 3.8) is 0 Å². The van der Waals surface area contributed by atoms with E-state index in [2.05, 4.69) is 18.8 Å². The summed E-state index contributed by atoms with van der Waals surface area (Å²) in [4.78, 5) is 0. The summed E-state index contributed by atoms with van der Waals surface area (Å²) in [6.07, 6.45) is 0. The molecule has 0 saturated heterocycles. The molecule has 0 saturated carbocycles. The van der Waals surface area contributed by atoms with Crippen LogP contribution in [0.1, 0.15) is 24.0 Å². The second-order valence-corrected chi connectivity index (χ2v) is 3.95. The summed E-state index contributed by atoms with van der Waals surface area (Å²) < 4.78 is 0. The van der Waals surface area contributed by atoms with Crippen LogP contribution in [0.15, 0.2) is 54.6 Å². The fourth-order valence-electron chi connectivity index (χ4n) is 1.56. The van der Waals surface area contributed by atoms with Gasteiger partial charge in [-0.2, -0.15) is 0 Å². The molecule has 0 spiro atoms. The quantitative estimate of drug-likeness (QED) is 0.732. The number of hydrogen-bond acceptors (Lipinski definition) is 1. The Bertz CT molecular complexity index is 529. The van der Waals surface area contributed by atoms with Crippen molar-refractivity contribution in [2.75, 3.05) is 0 Å². The fourth-order valence-corrected chi connectivity index (χ4v) is 1.56. The molecule has 1 N–H and O–H groups in total. The monoisotopic (exact) mass is 222 g/mol. The minimum absolute atomic E-state index is 0.163. The topological polar surface area (TPSA) is 20.2 Å². The first-order chi connectivity index (χ1) is 8.25.